The molecule has 0 aliphatic carbocycles. The predicted molar refractivity (Wildman–Crippen MR) is 79.0 cm³/mol. The van der Waals surface area contributed by atoms with E-state index in [1.165, 1.54) is 31.2 Å². The Hall–Kier alpha value is -0.600. The third-order valence-electron chi connectivity index (χ3n) is 3.64. The summed E-state index contributed by atoms with van der Waals surface area (Å²) in [6.07, 6.45) is 9.84. The first-order chi connectivity index (χ1) is 8.72. The van der Waals surface area contributed by atoms with Crippen LogP contribution in [-0.2, 0) is 0 Å². The topological polar surface area (TPSA) is 24.9 Å². The molecule has 2 atom stereocenters. The van der Waals surface area contributed by atoms with E-state index in [1.54, 1.807) is 6.20 Å². The Morgan fingerprint density at radius 3 is 2.72 bits per heavy atom. The monoisotopic (exact) mass is 268 g/mol. The molecule has 1 aromatic heterocycles. The second-order valence-corrected chi connectivity index (χ2v) is 5.30. The minimum atomic E-state index is 0.335. The molecule has 0 bridgehead atoms. The highest BCUT2D eigenvalue weighted by Gasteiger charge is 2.17. The largest absolute Gasteiger partial charge is 0.313 e. The molecule has 0 aliphatic rings. The van der Waals surface area contributed by atoms with Crippen molar-refractivity contribution in [1.29, 1.82) is 0 Å². The van der Waals surface area contributed by atoms with Gasteiger partial charge in [0.1, 0.15) is 0 Å². The molecule has 0 aliphatic heterocycles. The van der Waals surface area contributed by atoms with Gasteiger partial charge in [0.15, 0.2) is 0 Å². The molecule has 0 saturated carbocycles. The van der Waals surface area contributed by atoms with E-state index < -0.39 is 0 Å². The van der Waals surface area contributed by atoms with Crippen LogP contribution in [0.2, 0.25) is 5.02 Å². The third-order valence-corrected chi connectivity index (χ3v) is 3.96. The van der Waals surface area contributed by atoms with Gasteiger partial charge in [0, 0.05) is 18.4 Å². The molecule has 1 rings (SSSR count). The summed E-state index contributed by atoms with van der Waals surface area (Å²) in [6, 6.07) is 2.36. The van der Waals surface area contributed by atoms with Crippen molar-refractivity contribution in [3.05, 3.63) is 29.0 Å². The second-order valence-electron chi connectivity index (χ2n) is 4.89. The standard InChI is InChI=1S/C15H25ClN2/c1-4-6-7-12(5-2)10-15(17-3)13-8-9-18-11-14(13)16/h8-9,11-12,15,17H,4-7,10H2,1-3H3. The number of nitrogens with one attached hydrogen (secondary N) is 1. The lowest BCUT2D eigenvalue weighted by molar-refractivity contribution is 0.365. The molecular weight excluding hydrogens is 244 g/mol. The van der Waals surface area contributed by atoms with Gasteiger partial charge in [-0.05, 0) is 31.0 Å². The molecular formula is C15H25ClN2. The van der Waals surface area contributed by atoms with E-state index in [0.29, 0.717) is 6.04 Å². The first-order valence-electron chi connectivity index (χ1n) is 6.99. The lowest BCUT2D eigenvalue weighted by Gasteiger charge is -2.23. The highest BCUT2D eigenvalue weighted by atomic mass is 35.5. The van der Waals surface area contributed by atoms with Gasteiger partial charge in [-0.15, -0.1) is 0 Å². The first-order valence-corrected chi connectivity index (χ1v) is 7.37. The maximum atomic E-state index is 6.23. The Morgan fingerprint density at radius 1 is 1.39 bits per heavy atom. The quantitative estimate of drug-likeness (QED) is 0.745. The Labute approximate surface area is 116 Å². The molecule has 2 nitrogen and oxygen atoms in total. The van der Waals surface area contributed by atoms with Crippen LogP contribution in [0.3, 0.4) is 0 Å². The molecule has 0 amide bonds. The van der Waals surface area contributed by atoms with Gasteiger partial charge in [-0.25, -0.2) is 0 Å². The zero-order valence-electron chi connectivity index (χ0n) is 11.7. The summed E-state index contributed by atoms with van der Waals surface area (Å²) in [7, 11) is 2.01. The molecule has 0 saturated heterocycles. The number of rotatable bonds is 8. The summed E-state index contributed by atoms with van der Waals surface area (Å²) >= 11 is 6.23. The number of hydrogen-bond acceptors (Lipinski definition) is 2. The first kappa shape index (κ1) is 15.5. The number of nitrogens with zero attached hydrogens (tertiary/aromatic N) is 1. The Bertz CT molecular complexity index is 341. The minimum absolute atomic E-state index is 0.335. The van der Waals surface area contributed by atoms with Gasteiger partial charge in [-0.3, -0.25) is 4.98 Å². The summed E-state index contributed by atoms with van der Waals surface area (Å²) in [4.78, 5) is 4.05. The van der Waals surface area contributed by atoms with E-state index in [4.69, 9.17) is 11.6 Å². The van der Waals surface area contributed by atoms with E-state index in [9.17, 15) is 0 Å². The number of pyridine rings is 1. The lowest BCUT2D eigenvalue weighted by atomic mass is 9.89. The van der Waals surface area contributed by atoms with Crippen LogP contribution >= 0.6 is 11.6 Å². The molecule has 102 valence electrons. The summed E-state index contributed by atoms with van der Waals surface area (Å²) in [5.41, 5.74) is 1.17. The summed E-state index contributed by atoms with van der Waals surface area (Å²) < 4.78 is 0. The van der Waals surface area contributed by atoms with E-state index in [0.717, 1.165) is 17.4 Å². The third kappa shape index (κ3) is 4.58. The van der Waals surface area contributed by atoms with E-state index in [-0.39, 0.29) is 0 Å². The van der Waals surface area contributed by atoms with Crippen molar-refractivity contribution in [1.82, 2.24) is 10.3 Å². The Morgan fingerprint density at radius 2 is 2.17 bits per heavy atom. The molecule has 1 heterocycles. The fraction of sp³-hybridized carbons (Fsp3) is 0.667. The zero-order valence-corrected chi connectivity index (χ0v) is 12.5. The molecule has 1 aromatic rings. The Balaban J connectivity index is 2.68. The van der Waals surface area contributed by atoms with Crippen LogP contribution in [0, 0.1) is 5.92 Å². The molecule has 0 aromatic carbocycles. The van der Waals surface area contributed by atoms with Crippen LogP contribution in [0.1, 0.15) is 57.6 Å². The Kier molecular flexibility index (Phi) is 7.29. The van der Waals surface area contributed by atoms with Crippen LogP contribution < -0.4 is 5.32 Å². The average molecular weight is 269 g/mol. The van der Waals surface area contributed by atoms with Crippen LogP contribution in [0.15, 0.2) is 18.5 Å². The van der Waals surface area contributed by atoms with Crippen LogP contribution in [0.5, 0.6) is 0 Å². The SMILES string of the molecule is CCCCC(CC)CC(NC)c1ccncc1Cl. The van der Waals surface area contributed by atoms with E-state index >= 15 is 0 Å². The molecule has 0 spiro atoms. The lowest BCUT2D eigenvalue weighted by Crippen LogP contribution is -2.20. The molecule has 1 N–H and O–H groups in total. The van der Waals surface area contributed by atoms with Crippen LogP contribution in [-0.4, -0.2) is 12.0 Å². The maximum Gasteiger partial charge on any atom is 0.0637 e. The van der Waals surface area contributed by atoms with Crippen molar-refractivity contribution in [2.24, 2.45) is 5.92 Å². The van der Waals surface area contributed by atoms with E-state index in [2.05, 4.69) is 24.1 Å². The van der Waals surface area contributed by atoms with Crippen molar-refractivity contribution in [3.63, 3.8) is 0 Å². The fourth-order valence-corrected chi connectivity index (χ4v) is 2.63. The van der Waals surface area contributed by atoms with Crippen LogP contribution in [0.4, 0.5) is 0 Å². The predicted octanol–water partition coefficient (Wildman–Crippen LogP) is 4.60. The van der Waals surface area contributed by atoms with Gasteiger partial charge in [0.2, 0.25) is 0 Å². The van der Waals surface area contributed by atoms with Gasteiger partial charge < -0.3 is 5.32 Å². The number of aromatic nitrogens is 1. The number of unbranched alkanes of at least 4 members (excludes halogenated alkanes) is 1. The maximum absolute atomic E-state index is 6.23. The highest BCUT2D eigenvalue weighted by molar-refractivity contribution is 6.31. The highest BCUT2D eigenvalue weighted by Crippen LogP contribution is 2.29. The van der Waals surface area contributed by atoms with Gasteiger partial charge in [-0.2, -0.15) is 0 Å². The van der Waals surface area contributed by atoms with Crippen molar-refractivity contribution >= 4 is 11.6 Å². The van der Waals surface area contributed by atoms with Gasteiger partial charge in [0.25, 0.3) is 0 Å². The zero-order chi connectivity index (χ0) is 13.4. The normalized spacial score (nSPS) is 14.4. The summed E-state index contributed by atoms with van der Waals surface area (Å²) in [5, 5.41) is 4.15. The van der Waals surface area contributed by atoms with Crippen molar-refractivity contribution < 1.29 is 0 Å². The number of halogens is 1. The molecule has 3 heteroatoms. The van der Waals surface area contributed by atoms with E-state index in [1.807, 2.05) is 19.3 Å². The van der Waals surface area contributed by atoms with Crippen molar-refractivity contribution in [2.45, 2.75) is 52.0 Å². The summed E-state index contributed by atoms with van der Waals surface area (Å²) in [6.45, 7) is 4.53. The smallest absolute Gasteiger partial charge is 0.0637 e. The fourth-order valence-electron chi connectivity index (χ4n) is 2.38. The molecule has 2 unspecified atom stereocenters. The van der Waals surface area contributed by atoms with Crippen molar-refractivity contribution in [2.75, 3.05) is 7.05 Å². The molecule has 0 radical (unpaired) electrons. The van der Waals surface area contributed by atoms with Gasteiger partial charge in [0.05, 0.1) is 5.02 Å². The second kappa shape index (κ2) is 8.49. The van der Waals surface area contributed by atoms with Crippen molar-refractivity contribution in [3.8, 4) is 0 Å². The average Bonchev–Trinajstić information content (AvgIpc) is 2.40. The summed E-state index contributed by atoms with van der Waals surface area (Å²) in [5.74, 6) is 0.770. The van der Waals surface area contributed by atoms with Gasteiger partial charge in [-0.1, -0.05) is 51.1 Å². The molecule has 18 heavy (non-hydrogen) atoms. The van der Waals surface area contributed by atoms with Gasteiger partial charge >= 0.3 is 0 Å². The molecule has 0 fully saturated rings. The number of hydrogen-bond donors (Lipinski definition) is 1. The minimum Gasteiger partial charge on any atom is -0.313 e. The van der Waals surface area contributed by atoms with Crippen LogP contribution in [0.25, 0.3) is 0 Å².